The van der Waals surface area contributed by atoms with Crippen molar-refractivity contribution in [1.29, 1.82) is 0 Å². The van der Waals surface area contributed by atoms with Gasteiger partial charge in [0.15, 0.2) is 6.10 Å². The lowest BCUT2D eigenvalue weighted by Crippen LogP contribution is -2.47. The highest BCUT2D eigenvalue weighted by Gasteiger charge is 2.17. The summed E-state index contributed by atoms with van der Waals surface area (Å²) in [5.74, 6) is -0.180. The Kier molecular flexibility index (Phi) is 5.93. The van der Waals surface area contributed by atoms with E-state index in [0.29, 0.717) is 11.3 Å². The number of amides is 2. The van der Waals surface area contributed by atoms with Crippen molar-refractivity contribution in [2.75, 3.05) is 0 Å². The van der Waals surface area contributed by atoms with Crippen molar-refractivity contribution in [1.82, 2.24) is 10.9 Å². The maximum absolute atomic E-state index is 12.3. The lowest BCUT2D eigenvalue weighted by atomic mass is 9.90. The van der Waals surface area contributed by atoms with Gasteiger partial charge in [0.25, 0.3) is 11.8 Å². The highest BCUT2D eigenvalue weighted by molar-refractivity contribution is 9.10. The molecule has 1 aliphatic carbocycles. The second kappa shape index (κ2) is 8.36. The van der Waals surface area contributed by atoms with E-state index in [-0.39, 0.29) is 5.91 Å². The molecule has 0 aromatic heterocycles. The first kappa shape index (κ1) is 18.5. The number of rotatable bonds is 4. The van der Waals surface area contributed by atoms with Gasteiger partial charge in [0.05, 0.1) is 0 Å². The summed E-state index contributed by atoms with van der Waals surface area (Å²) in [7, 11) is 0. The van der Waals surface area contributed by atoms with Gasteiger partial charge in [-0.15, -0.1) is 0 Å². The van der Waals surface area contributed by atoms with E-state index in [0.717, 1.165) is 23.7 Å². The Morgan fingerprint density at radius 2 is 1.81 bits per heavy atom. The Labute approximate surface area is 161 Å². The second-order valence-corrected chi connectivity index (χ2v) is 7.27. The minimum absolute atomic E-state index is 0.332. The number of hydrogen-bond acceptors (Lipinski definition) is 3. The minimum Gasteiger partial charge on any atom is -0.481 e. The Bertz CT molecular complexity index is 822. The van der Waals surface area contributed by atoms with Crippen molar-refractivity contribution in [3.05, 3.63) is 63.6 Å². The van der Waals surface area contributed by atoms with Crippen molar-refractivity contribution < 1.29 is 14.3 Å². The Morgan fingerprint density at radius 1 is 1.04 bits per heavy atom. The van der Waals surface area contributed by atoms with Gasteiger partial charge < -0.3 is 4.74 Å². The van der Waals surface area contributed by atoms with Gasteiger partial charge in [0.1, 0.15) is 5.75 Å². The number of ether oxygens (including phenoxy) is 1. The standard InChI is InChI=1S/C20H21BrN2O3/c1-13(26-18-8-4-7-17(21)12-18)19(24)22-23-20(25)16-10-9-14-5-2-3-6-15(14)11-16/h4,7-13H,2-3,5-6H2,1H3,(H,22,24)(H,23,25)/t13-/m0/s1. The molecule has 0 aliphatic heterocycles. The Hall–Kier alpha value is -2.34. The van der Waals surface area contributed by atoms with Crippen LogP contribution in [0.5, 0.6) is 5.75 Å². The molecule has 1 atom stereocenters. The number of carbonyl (C=O) groups excluding carboxylic acids is 2. The fraction of sp³-hybridized carbons (Fsp3) is 0.300. The number of nitrogens with one attached hydrogen (secondary N) is 2. The summed E-state index contributed by atoms with van der Waals surface area (Å²) >= 11 is 3.35. The molecule has 0 bridgehead atoms. The molecule has 26 heavy (non-hydrogen) atoms. The average Bonchev–Trinajstić information content (AvgIpc) is 2.65. The molecule has 2 aromatic carbocycles. The van der Waals surface area contributed by atoms with Crippen LogP contribution in [0.3, 0.4) is 0 Å². The van der Waals surface area contributed by atoms with Crippen LogP contribution in [0.25, 0.3) is 0 Å². The summed E-state index contributed by atoms with van der Waals surface area (Å²) in [5, 5.41) is 0. The number of carbonyl (C=O) groups is 2. The first-order valence-electron chi connectivity index (χ1n) is 8.67. The quantitative estimate of drug-likeness (QED) is 0.748. The van der Waals surface area contributed by atoms with E-state index in [2.05, 4.69) is 26.8 Å². The van der Waals surface area contributed by atoms with Crippen molar-refractivity contribution >= 4 is 27.7 Å². The van der Waals surface area contributed by atoms with Gasteiger partial charge in [-0.2, -0.15) is 0 Å². The molecule has 0 heterocycles. The first-order chi connectivity index (χ1) is 12.5. The number of aryl methyl sites for hydroxylation is 2. The van der Waals surface area contributed by atoms with E-state index in [1.807, 2.05) is 24.3 Å². The van der Waals surface area contributed by atoms with Crippen LogP contribution >= 0.6 is 15.9 Å². The third-order valence-corrected chi connectivity index (χ3v) is 4.88. The lowest BCUT2D eigenvalue weighted by Gasteiger charge is -2.17. The second-order valence-electron chi connectivity index (χ2n) is 6.35. The third-order valence-electron chi connectivity index (χ3n) is 4.39. The largest absolute Gasteiger partial charge is 0.481 e. The topological polar surface area (TPSA) is 67.4 Å². The van der Waals surface area contributed by atoms with E-state index >= 15 is 0 Å². The van der Waals surface area contributed by atoms with Crippen LogP contribution in [-0.2, 0) is 17.6 Å². The molecule has 0 unspecified atom stereocenters. The van der Waals surface area contributed by atoms with Gasteiger partial charge >= 0.3 is 0 Å². The van der Waals surface area contributed by atoms with Crippen LogP contribution in [0.15, 0.2) is 46.9 Å². The van der Waals surface area contributed by atoms with Crippen LogP contribution in [-0.4, -0.2) is 17.9 Å². The normalized spacial score (nSPS) is 14.1. The number of halogens is 1. The van der Waals surface area contributed by atoms with Crippen molar-refractivity contribution in [2.24, 2.45) is 0 Å². The molecular weight excluding hydrogens is 396 g/mol. The Morgan fingerprint density at radius 3 is 2.58 bits per heavy atom. The molecule has 136 valence electrons. The van der Waals surface area contributed by atoms with Gasteiger partial charge in [-0.25, -0.2) is 0 Å². The third kappa shape index (κ3) is 4.64. The van der Waals surface area contributed by atoms with Gasteiger partial charge in [-0.1, -0.05) is 28.1 Å². The molecule has 0 spiro atoms. The minimum atomic E-state index is -0.742. The molecule has 0 fully saturated rings. The van der Waals surface area contributed by atoms with E-state index in [1.165, 1.54) is 17.5 Å². The summed E-state index contributed by atoms with van der Waals surface area (Å²) in [6, 6.07) is 12.9. The molecule has 1 aliphatic rings. The zero-order valence-corrected chi connectivity index (χ0v) is 16.1. The molecule has 0 saturated carbocycles. The number of benzene rings is 2. The van der Waals surface area contributed by atoms with E-state index in [4.69, 9.17) is 4.74 Å². The van der Waals surface area contributed by atoms with Gasteiger partial charge in [0, 0.05) is 10.0 Å². The first-order valence-corrected chi connectivity index (χ1v) is 9.46. The van der Waals surface area contributed by atoms with Crippen molar-refractivity contribution in [2.45, 2.75) is 38.7 Å². The zero-order chi connectivity index (χ0) is 18.5. The smallest absolute Gasteiger partial charge is 0.279 e. The summed E-state index contributed by atoms with van der Waals surface area (Å²) in [6.07, 6.45) is 3.68. The molecular formula is C20H21BrN2O3. The zero-order valence-electron chi connectivity index (χ0n) is 14.5. The van der Waals surface area contributed by atoms with Gasteiger partial charge in [0.2, 0.25) is 0 Å². The highest BCUT2D eigenvalue weighted by Crippen LogP contribution is 2.22. The monoisotopic (exact) mass is 416 g/mol. The summed E-state index contributed by atoms with van der Waals surface area (Å²) in [5.41, 5.74) is 7.96. The van der Waals surface area contributed by atoms with Crippen LogP contribution in [0, 0.1) is 0 Å². The maximum Gasteiger partial charge on any atom is 0.279 e. The summed E-state index contributed by atoms with van der Waals surface area (Å²) in [4.78, 5) is 24.4. The van der Waals surface area contributed by atoms with E-state index < -0.39 is 12.0 Å². The number of fused-ring (bicyclic) bond motifs is 1. The average molecular weight is 417 g/mol. The SMILES string of the molecule is C[C@H](Oc1cccc(Br)c1)C(=O)NNC(=O)c1ccc2c(c1)CCCC2. The maximum atomic E-state index is 12.3. The predicted octanol–water partition coefficient (Wildman–Crippen LogP) is 3.56. The molecule has 0 saturated heterocycles. The molecule has 2 N–H and O–H groups in total. The molecule has 0 radical (unpaired) electrons. The molecule has 2 amide bonds. The van der Waals surface area contributed by atoms with Crippen molar-refractivity contribution in [3.8, 4) is 5.75 Å². The lowest BCUT2D eigenvalue weighted by molar-refractivity contribution is -0.128. The van der Waals surface area contributed by atoms with Crippen LogP contribution in [0.4, 0.5) is 0 Å². The number of hydrazine groups is 1. The van der Waals surface area contributed by atoms with E-state index in [9.17, 15) is 9.59 Å². The van der Waals surface area contributed by atoms with Crippen LogP contribution in [0.2, 0.25) is 0 Å². The van der Waals surface area contributed by atoms with Gasteiger partial charge in [-0.05, 0) is 74.1 Å². The summed E-state index contributed by atoms with van der Waals surface area (Å²) in [6.45, 7) is 1.63. The molecule has 5 nitrogen and oxygen atoms in total. The molecule has 2 aromatic rings. The van der Waals surface area contributed by atoms with Crippen LogP contribution in [0.1, 0.15) is 41.3 Å². The highest BCUT2D eigenvalue weighted by atomic mass is 79.9. The molecule has 3 rings (SSSR count). The van der Waals surface area contributed by atoms with Crippen molar-refractivity contribution in [3.63, 3.8) is 0 Å². The predicted molar refractivity (Wildman–Crippen MR) is 103 cm³/mol. The fourth-order valence-corrected chi connectivity index (χ4v) is 3.34. The number of hydrogen-bond donors (Lipinski definition) is 2. The van der Waals surface area contributed by atoms with Gasteiger partial charge in [-0.3, -0.25) is 20.4 Å². The summed E-state index contributed by atoms with van der Waals surface area (Å²) < 4.78 is 6.44. The molecule has 6 heteroatoms. The van der Waals surface area contributed by atoms with Crippen LogP contribution < -0.4 is 15.6 Å². The Balaban J connectivity index is 1.54. The fourth-order valence-electron chi connectivity index (χ4n) is 2.96. The van der Waals surface area contributed by atoms with E-state index in [1.54, 1.807) is 25.1 Å².